The SMILES string of the molecule is C#CCc1c(F)c(F)c(COC(=O)C2C(/C=C(\F)C(=O)OC)C2(C)C)c(F)c1F. The van der Waals surface area contributed by atoms with Gasteiger partial charge in [-0.05, 0) is 17.4 Å². The first-order chi connectivity index (χ1) is 13.5. The summed E-state index contributed by atoms with van der Waals surface area (Å²) >= 11 is 0. The smallest absolute Gasteiger partial charge is 0.366 e. The minimum Gasteiger partial charge on any atom is -0.464 e. The third-order valence-corrected chi connectivity index (χ3v) is 4.95. The van der Waals surface area contributed by atoms with Gasteiger partial charge in [0, 0.05) is 12.0 Å². The van der Waals surface area contributed by atoms with E-state index in [4.69, 9.17) is 11.2 Å². The van der Waals surface area contributed by atoms with Gasteiger partial charge in [-0.25, -0.2) is 22.4 Å². The molecule has 0 heterocycles. The molecule has 0 bridgehead atoms. The van der Waals surface area contributed by atoms with Crippen LogP contribution >= 0.6 is 0 Å². The molecule has 0 amide bonds. The van der Waals surface area contributed by atoms with Gasteiger partial charge in [0.25, 0.3) is 0 Å². The van der Waals surface area contributed by atoms with Gasteiger partial charge >= 0.3 is 11.9 Å². The second-order valence-corrected chi connectivity index (χ2v) is 7.03. The van der Waals surface area contributed by atoms with E-state index in [1.54, 1.807) is 13.8 Å². The summed E-state index contributed by atoms with van der Waals surface area (Å²) in [6.45, 7) is 2.09. The molecule has 1 saturated carbocycles. The van der Waals surface area contributed by atoms with E-state index in [0.717, 1.165) is 13.2 Å². The Hall–Kier alpha value is -2.89. The van der Waals surface area contributed by atoms with Gasteiger partial charge in [0.1, 0.15) is 6.61 Å². The molecule has 0 saturated heterocycles. The molecule has 0 N–H and O–H groups in total. The lowest BCUT2D eigenvalue weighted by Gasteiger charge is -2.11. The zero-order chi connectivity index (χ0) is 22.1. The average Bonchev–Trinajstić information content (AvgIpc) is 3.22. The van der Waals surface area contributed by atoms with Crippen molar-refractivity contribution < 1.29 is 41.0 Å². The number of allylic oxidation sites excluding steroid dienone is 1. The summed E-state index contributed by atoms with van der Waals surface area (Å²) < 4.78 is 78.6. The fourth-order valence-corrected chi connectivity index (χ4v) is 3.10. The van der Waals surface area contributed by atoms with Crippen molar-refractivity contribution in [3.63, 3.8) is 0 Å². The lowest BCUT2D eigenvalue weighted by Crippen LogP contribution is -2.14. The maximum Gasteiger partial charge on any atom is 0.366 e. The van der Waals surface area contributed by atoms with Crippen molar-refractivity contribution in [1.29, 1.82) is 0 Å². The highest BCUT2D eigenvalue weighted by atomic mass is 19.2. The van der Waals surface area contributed by atoms with Crippen LogP contribution in [0.25, 0.3) is 0 Å². The van der Waals surface area contributed by atoms with E-state index in [9.17, 15) is 31.5 Å². The molecular weight excluding hydrogens is 399 g/mol. The predicted octanol–water partition coefficient (Wildman–Crippen LogP) is 3.76. The maximum atomic E-state index is 14.1. The third-order valence-electron chi connectivity index (χ3n) is 4.95. The fraction of sp³-hybridized carbons (Fsp3) is 0.400. The molecule has 2 unspecified atom stereocenters. The number of carbonyl (C=O) groups is 2. The number of rotatable bonds is 6. The van der Waals surface area contributed by atoms with Crippen LogP contribution in [-0.4, -0.2) is 19.0 Å². The Balaban J connectivity index is 2.18. The van der Waals surface area contributed by atoms with Crippen LogP contribution in [0.2, 0.25) is 0 Å². The van der Waals surface area contributed by atoms with E-state index < -0.39 is 82.4 Å². The monoisotopic (exact) mass is 416 g/mol. The van der Waals surface area contributed by atoms with E-state index >= 15 is 0 Å². The first kappa shape index (κ1) is 22.4. The van der Waals surface area contributed by atoms with Crippen LogP contribution in [0.1, 0.15) is 25.0 Å². The van der Waals surface area contributed by atoms with Gasteiger partial charge in [0.15, 0.2) is 23.3 Å². The van der Waals surface area contributed by atoms with Crippen LogP contribution in [0, 0.1) is 52.9 Å². The van der Waals surface area contributed by atoms with Crippen LogP contribution in [0.15, 0.2) is 11.9 Å². The number of hydrogen-bond donors (Lipinski definition) is 0. The second kappa shape index (κ2) is 8.23. The molecule has 1 aliphatic carbocycles. The summed E-state index contributed by atoms with van der Waals surface area (Å²) in [4.78, 5) is 23.4. The highest BCUT2D eigenvalue weighted by Gasteiger charge is 2.62. The number of methoxy groups -OCH3 is 1. The van der Waals surface area contributed by atoms with Crippen molar-refractivity contribution in [2.24, 2.45) is 17.3 Å². The molecule has 1 aromatic rings. The zero-order valence-corrected chi connectivity index (χ0v) is 15.7. The molecule has 0 radical (unpaired) electrons. The number of esters is 2. The molecule has 156 valence electrons. The summed E-state index contributed by atoms with van der Waals surface area (Å²) in [7, 11) is 0.982. The Morgan fingerprint density at radius 1 is 1.10 bits per heavy atom. The summed E-state index contributed by atoms with van der Waals surface area (Å²) in [5.74, 6) is -9.95. The molecule has 1 aromatic carbocycles. The van der Waals surface area contributed by atoms with Gasteiger partial charge in [-0.15, -0.1) is 12.3 Å². The molecule has 0 spiro atoms. The lowest BCUT2D eigenvalue weighted by molar-refractivity contribution is -0.147. The van der Waals surface area contributed by atoms with E-state index in [2.05, 4.69) is 4.74 Å². The largest absolute Gasteiger partial charge is 0.464 e. The van der Waals surface area contributed by atoms with E-state index in [1.165, 1.54) is 0 Å². The van der Waals surface area contributed by atoms with Crippen molar-refractivity contribution in [1.82, 2.24) is 0 Å². The topological polar surface area (TPSA) is 52.6 Å². The van der Waals surface area contributed by atoms with Crippen LogP contribution in [0.4, 0.5) is 22.0 Å². The van der Waals surface area contributed by atoms with Crippen molar-refractivity contribution in [3.05, 3.63) is 46.3 Å². The molecule has 0 aromatic heterocycles. The molecule has 9 heteroatoms. The minimum absolute atomic E-state index is 0.665. The maximum absolute atomic E-state index is 14.1. The van der Waals surface area contributed by atoms with Crippen LogP contribution < -0.4 is 0 Å². The molecule has 1 aliphatic rings. The number of hydrogen-bond acceptors (Lipinski definition) is 4. The molecule has 1 fully saturated rings. The summed E-state index contributed by atoms with van der Waals surface area (Å²) in [5.41, 5.74) is -2.86. The Bertz CT molecular complexity index is 901. The van der Waals surface area contributed by atoms with Gasteiger partial charge in [-0.2, -0.15) is 4.39 Å². The van der Waals surface area contributed by atoms with Crippen LogP contribution in [-0.2, 0) is 32.1 Å². The zero-order valence-electron chi connectivity index (χ0n) is 15.7. The first-order valence-corrected chi connectivity index (χ1v) is 8.38. The summed E-state index contributed by atoms with van der Waals surface area (Å²) in [6.07, 6.45) is 5.15. The highest BCUT2D eigenvalue weighted by molar-refractivity contribution is 5.86. The molecular formula is C20H17F5O4. The van der Waals surface area contributed by atoms with Crippen molar-refractivity contribution in [3.8, 4) is 12.3 Å². The number of halogens is 5. The fourth-order valence-electron chi connectivity index (χ4n) is 3.10. The Morgan fingerprint density at radius 2 is 1.62 bits per heavy atom. The second-order valence-electron chi connectivity index (χ2n) is 7.03. The average molecular weight is 416 g/mol. The lowest BCUT2D eigenvalue weighted by atomic mass is 10.1. The molecule has 29 heavy (non-hydrogen) atoms. The van der Waals surface area contributed by atoms with Gasteiger partial charge in [-0.1, -0.05) is 13.8 Å². The van der Waals surface area contributed by atoms with Gasteiger partial charge in [0.05, 0.1) is 18.6 Å². The Kier molecular flexibility index (Phi) is 6.36. The van der Waals surface area contributed by atoms with E-state index in [0.29, 0.717) is 0 Å². The quantitative estimate of drug-likeness (QED) is 0.233. The molecule has 2 rings (SSSR count). The summed E-state index contributed by atoms with van der Waals surface area (Å²) in [5, 5.41) is 0. The van der Waals surface area contributed by atoms with E-state index in [1.807, 2.05) is 5.92 Å². The predicted molar refractivity (Wildman–Crippen MR) is 90.6 cm³/mol. The highest BCUT2D eigenvalue weighted by Crippen LogP contribution is 2.60. The number of carbonyl (C=O) groups excluding carboxylic acids is 2. The standard InChI is InChI=1S/C20H17F5O4/c1-5-6-9-14(22)16(24)10(17(25)15(9)23)8-29-19(27)13-11(20(13,2)3)7-12(21)18(26)28-4/h1,7,11,13H,6,8H2,2-4H3/b12-7-. The van der Waals surface area contributed by atoms with Gasteiger partial charge in [0.2, 0.25) is 5.83 Å². The molecule has 2 atom stereocenters. The van der Waals surface area contributed by atoms with Gasteiger partial charge < -0.3 is 9.47 Å². The van der Waals surface area contributed by atoms with Crippen LogP contribution in [0.3, 0.4) is 0 Å². The van der Waals surface area contributed by atoms with Gasteiger partial charge in [-0.3, -0.25) is 4.79 Å². The normalized spacial score (nSPS) is 20.0. The van der Waals surface area contributed by atoms with Crippen molar-refractivity contribution in [2.45, 2.75) is 26.9 Å². The minimum atomic E-state index is -1.72. The molecule has 0 aliphatic heterocycles. The number of terminal acetylenes is 1. The number of ether oxygens (including phenoxy) is 2. The van der Waals surface area contributed by atoms with Crippen LogP contribution in [0.5, 0.6) is 0 Å². The Labute approximate surface area is 163 Å². The molecule has 4 nitrogen and oxygen atoms in total. The Morgan fingerprint density at radius 3 is 2.10 bits per heavy atom. The first-order valence-electron chi connectivity index (χ1n) is 8.38. The van der Waals surface area contributed by atoms with E-state index in [-0.39, 0.29) is 0 Å². The van der Waals surface area contributed by atoms with Crippen molar-refractivity contribution >= 4 is 11.9 Å². The van der Waals surface area contributed by atoms with Crippen molar-refractivity contribution in [2.75, 3.05) is 7.11 Å². The summed E-state index contributed by atoms with van der Waals surface area (Å²) in [6, 6.07) is 0. The number of benzene rings is 1. The third kappa shape index (κ3) is 4.11.